The van der Waals surface area contributed by atoms with Crippen LogP contribution >= 0.6 is 58.0 Å². The highest BCUT2D eigenvalue weighted by atomic mass is 35.5. The summed E-state index contributed by atoms with van der Waals surface area (Å²) in [5.41, 5.74) is 1.38. The molecule has 0 amide bonds. The molecule has 0 saturated heterocycles. The molecule has 10 nitrogen and oxygen atoms in total. The number of aryl methyl sites for hydroxylation is 2. The third kappa shape index (κ3) is 13.1. The molecule has 0 aromatic heterocycles. The van der Waals surface area contributed by atoms with E-state index in [9.17, 15) is 24.3 Å². The molecule has 2 aromatic carbocycles. The summed E-state index contributed by atoms with van der Waals surface area (Å²) in [4.78, 5) is 47.4. The maximum absolute atomic E-state index is 12.9. The zero-order chi connectivity index (χ0) is 43.4. The van der Waals surface area contributed by atoms with Crippen LogP contribution in [0.3, 0.4) is 0 Å². The number of carbonyl (C=O) groups is 4. The van der Waals surface area contributed by atoms with Crippen molar-refractivity contribution < 1.29 is 48.0 Å². The van der Waals surface area contributed by atoms with E-state index in [0.717, 1.165) is 11.1 Å². The number of allylic oxidation sites excluding steroid dienone is 4. The fraction of sp³-hybridized carbons (Fsp3) is 0.524. The number of rotatable bonds is 13. The minimum Gasteiger partial charge on any atom is -0.511 e. The molecule has 0 aliphatic heterocycles. The maximum Gasteiger partial charge on any atom is 0.513 e. The van der Waals surface area contributed by atoms with E-state index in [1.165, 1.54) is 0 Å². The van der Waals surface area contributed by atoms with E-state index in [1.54, 1.807) is 24.3 Å². The second kappa shape index (κ2) is 22.5. The van der Waals surface area contributed by atoms with E-state index >= 15 is 0 Å². The first-order valence-electron chi connectivity index (χ1n) is 18.6. The smallest absolute Gasteiger partial charge is 0.511 e. The van der Waals surface area contributed by atoms with E-state index in [0.29, 0.717) is 68.6 Å². The molecule has 2 aliphatic carbocycles. The highest BCUT2D eigenvalue weighted by Gasteiger charge is 2.48. The van der Waals surface area contributed by atoms with Gasteiger partial charge in [0.2, 0.25) is 0 Å². The van der Waals surface area contributed by atoms with E-state index in [4.69, 9.17) is 77.0 Å². The molecule has 2 aliphatic rings. The quantitative estimate of drug-likeness (QED) is 0.118. The predicted molar refractivity (Wildman–Crippen MR) is 227 cm³/mol. The third-order valence-corrected chi connectivity index (χ3v) is 11.8. The molecule has 2 atom stereocenters. The van der Waals surface area contributed by atoms with Gasteiger partial charge in [0.25, 0.3) is 0 Å². The molecule has 316 valence electrons. The standard InChI is InChI=1S/C21H26Cl2O5.C16H18Cl2O2.C5H9ClO3/c1-6-26-7-8-27-20(25)28-19-18(17(24)11-21(19,5)12(2)3)14-9-13(4)15(22)10-16(14)23;1-8(2)16(4)7-13(19)14(15(16)20)10-5-9(3)11(17)6-12(10)18;1-2-8-3-4-9-5(6)7/h9-10,12H,6-8,11H2,1-5H3;5-6,8,20H,7H2,1-4H3;2-4H2,1H3. The van der Waals surface area contributed by atoms with Gasteiger partial charge in [-0.15, -0.1) is 0 Å². The van der Waals surface area contributed by atoms with Crippen molar-refractivity contribution in [2.75, 3.05) is 39.6 Å². The van der Waals surface area contributed by atoms with Crippen molar-refractivity contribution in [3.8, 4) is 0 Å². The van der Waals surface area contributed by atoms with Gasteiger partial charge < -0.3 is 28.8 Å². The predicted octanol–water partition coefficient (Wildman–Crippen LogP) is 12.4. The van der Waals surface area contributed by atoms with Crippen molar-refractivity contribution >= 4 is 92.3 Å². The fourth-order valence-electron chi connectivity index (χ4n) is 5.96. The number of hydrogen-bond acceptors (Lipinski definition) is 10. The first-order valence-corrected chi connectivity index (χ1v) is 20.4. The maximum atomic E-state index is 12.9. The van der Waals surface area contributed by atoms with Gasteiger partial charge in [-0.3, -0.25) is 9.59 Å². The van der Waals surface area contributed by atoms with Gasteiger partial charge in [0.15, 0.2) is 11.6 Å². The van der Waals surface area contributed by atoms with Gasteiger partial charge in [0.1, 0.15) is 24.7 Å². The van der Waals surface area contributed by atoms with Gasteiger partial charge in [-0.05, 0) is 74.9 Å². The number of hydrogen-bond donors (Lipinski definition) is 1. The number of ether oxygens (including phenoxy) is 5. The first kappa shape index (κ1) is 50.3. The van der Waals surface area contributed by atoms with Gasteiger partial charge in [-0.25, -0.2) is 9.59 Å². The molecule has 0 bridgehead atoms. The summed E-state index contributed by atoms with van der Waals surface area (Å²) < 4.78 is 25.0. The Morgan fingerprint density at radius 2 is 1.11 bits per heavy atom. The number of Topliss-reactive ketones (excluding diaryl/α,β-unsaturated/α-hetero) is 2. The van der Waals surface area contributed by atoms with Crippen LogP contribution in [0.2, 0.25) is 20.1 Å². The lowest BCUT2D eigenvalue weighted by Crippen LogP contribution is -2.27. The SMILES string of the molecule is CCOCCOC(=O)Cl.CCOCCOC(=O)OC1=C(c2cc(C)c(Cl)cc2Cl)C(=O)CC1(C)C(C)C.Cc1cc(C2=C(O)C(C)(C(C)C)CC2=O)c(Cl)cc1Cl. The number of benzene rings is 2. The first-order chi connectivity index (χ1) is 26.6. The average molecular weight is 895 g/mol. The number of aliphatic hydroxyl groups is 1. The Morgan fingerprint density at radius 3 is 1.53 bits per heavy atom. The Balaban J connectivity index is 0.000000335. The summed E-state index contributed by atoms with van der Waals surface area (Å²) in [5, 5.41) is 12.3. The van der Waals surface area contributed by atoms with Crippen molar-refractivity contribution in [2.24, 2.45) is 22.7 Å². The van der Waals surface area contributed by atoms with Crippen LogP contribution in [0.25, 0.3) is 11.1 Å². The molecule has 15 heteroatoms. The van der Waals surface area contributed by atoms with Gasteiger partial charge in [-0.2, -0.15) is 0 Å². The summed E-state index contributed by atoms with van der Waals surface area (Å²) >= 11 is 29.6. The van der Waals surface area contributed by atoms with Crippen LogP contribution in [0.4, 0.5) is 9.59 Å². The van der Waals surface area contributed by atoms with Crippen molar-refractivity contribution in [1.29, 1.82) is 0 Å². The lowest BCUT2D eigenvalue weighted by atomic mass is 9.77. The molecule has 57 heavy (non-hydrogen) atoms. The monoisotopic (exact) mass is 892 g/mol. The van der Waals surface area contributed by atoms with Crippen molar-refractivity contribution in [1.82, 2.24) is 0 Å². The zero-order valence-corrected chi connectivity index (χ0v) is 37.9. The Hall–Kier alpha value is -2.83. The molecule has 4 rings (SSSR count). The highest BCUT2D eigenvalue weighted by molar-refractivity contribution is 6.61. The van der Waals surface area contributed by atoms with Crippen molar-refractivity contribution in [3.63, 3.8) is 0 Å². The van der Waals surface area contributed by atoms with E-state index in [-0.39, 0.29) is 61.2 Å². The lowest BCUT2D eigenvalue weighted by Gasteiger charge is -2.30. The van der Waals surface area contributed by atoms with Crippen LogP contribution in [0, 0.1) is 36.5 Å². The Bertz CT molecular complexity index is 1850. The molecular weight excluding hydrogens is 842 g/mol. The average Bonchev–Trinajstić information content (AvgIpc) is 3.52. The second-order valence-corrected chi connectivity index (χ2v) is 16.6. The van der Waals surface area contributed by atoms with Gasteiger partial charge in [0, 0.05) is 69.7 Å². The summed E-state index contributed by atoms with van der Waals surface area (Å²) in [5.74, 6) is 0.446. The summed E-state index contributed by atoms with van der Waals surface area (Å²) in [6.07, 6.45) is -0.334. The molecule has 0 spiro atoms. The number of halogens is 5. The van der Waals surface area contributed by atoms with Crippen LogP contribution in [0.5, 0.6) is 0 Å². The van der Waals surface area contributed by atoms with Crippen molar-refractivity contribution in [2.45, 2.75) is 82.1 Å². The summed E-state index contributed by atoms with van der Waals surface area (Å²) in [7, 11) is 0. The molecular formula is C42H53Cl5O10. The largest absolute Gasteiger partial charge is 0.513 e. The van der Waals surface area contributed by atoms with E-state index in [2.05, 4.69) is 4.74 Å². The summed E-state index contributed by atoms with van der Waals surface area (Å²) in [6, 6.07) is 6.72. The minimum absolute atomic E-state index is 0.0485. The molecule has 0 heterocycles. The second-order valence-electron chi connectivity index (χ2n) is 14.6. The third-order valence-electron chi connectivity index (χ3n) is 10.2. The number of carbonyl (C=O) groups excluding carboxylic acids is 4. The highest BCUT2D eigenvalue weighted by Crippen LogP contribution is 2.51. The normalized spacial score (nSPS) is 19.1. The van der Waals surface area contributed by atoms with Gasteiger partial charge in [-0.1, -0.05) is 87.9 Å². The topological polar surface area (TPSA) is 135 Å². The van der Waals surface area contributed by atoms with E-state index in [1.807, 2.05) is 69.2 Å². The van der Waals surface area contributed by atoms with Gasteiger partial charge in [0.05, 0.1) is 34.4 Å². The molecule has 2 aromatic rings. The van der Waals surface area contributed by atoms with Crippen LogP contribution in [-0.2, 0) is 33.3 Å². The molecule has 0 fully saturated rings. The number of aliphatic hydroxyl groups excluding tert-OH is 1. The van der Waals surface area contributed by atoms with Crippen LogP contribution in [0.15, 0.2) is 35.8 Å². The lowest BCUT2D eigenvalue weighted by molar-refractivity contribution is -0.115. The Kier molecular flexibility index (Phi) is 19.9. The Morgan fingerprint density at radius 1 is 0.684 bits per heavy atom. The molecule has 2 unspecified atom stereocenters. The summed E-state index contributed by atoms with van der Waals surface area (Å²) in [6.45, 7) is 21.3. The molecule has 0 saturated carbocycles. The van der Waals surface area contributed by atoms with E-state index < -0.39 is 22.4 Å². The Labute approximate surface area is 361 Å². The van der Waals surface area contributed by atoms with Gasteiger partial charge >= 0.3 is 11.6 Å². The number of ketones is 2. The van der Waals surface area contributed by atoms with Crippen LogP contribution in [0.1, 0.15) is 90.5 Å². The minimum atomic E-state index is -0.865. The zero-order valence-electron chi connectivity index (χ0n) is 34.1. The van der Waals surface area contributed by atoms with Crippen LogP contribution in [-0.4, -0.2) is 67.9 Å². The van der Waals surface area contributed by atoms with Crippen LogP contribution < -0.4 is 0 Å². The molecule has 1 N–H and O–H groups in total. The van der Waals surface area contributed by atoms with Crippen molar-refractivity contribution in [3.05, 3.63) is 78.1 Å². The molecule has 0 radical (unpaired) electrons. The fourth-order valence-corrected chi connectivity index (χ4v) is 7.00.